The summed E-state index contributed by atoms with van der Waals surface area (Å²) in [5, 5.41) is 17.9. The molecule has 13 heteroatoms. The Kier molecular flexibility index (Phi) is 11.8. The average Bonchev–Trinajstić information content (AvgIpc) is 3.68. The maximum absolute atomic E-state index is 13.3. The number of aliphatic hydroxyl groups is 1. The van der Waals surface area contributed by atoms with E-state index in [1.165, 1.54) is 7.11 Å². The van der Waals surface area contributed by atoms with Gasteiger partial charge in [-0.05, 0) is 63.9 Å². The zero-order valence-electron chi connectivity index (χ0n) is 31.4. The van der Waals surface area contributed by atoms with Crippen LogP contribution in [0.3, 0.4) is 0 Å². The Morgan fingerprint density at radius 3 is 2.22 bits per heavy atom. The second-order valence-corrected chi connectivity index (χ2v) is 15.4. The van der Waals surface area contributed by atoms with Gasteiger partial charge in [-0.15, -0.1) is 0 Å². The van der Waals surface area contributed by atoms with Crippen LogP contribution in [0.5, 0.6) is 5.88 Å². The van der Waals surface area contributed by atoms with Crippen molar-refractivity contribution in [3.8, 4) is 39.5 Å². The van der Waals surface area contributed by atoms with Crippen LogP contribution in [0, 0.1) is 0 Å². The van der Waals surface area contributed by atoms with E-state index in [0.717, 1.165) is 39.0 Å². The van der Waals surface area contributed by atoms with E-state index in [0.29, 0.717) is 58.7 Å². The van der Waals surface area contributed by atoms with Crippen molar-refractivity contribution in [3.05, 3.63) is 88.0 Å². The standard InChI is InChI=1S/C41H46Cl2N6O5/c1-24(50)19-44-20-26-21-48(5)38-28(26)15-17-33(46-38)31-11-7-9-29(36(31)42)30-10-8-12-32(37(30)43)34-16-13-25(39(47-34)53-6)22-49(40(52)54-41(2,3)4)23-27-14-18-35(51)45-27/h7-13,15-17,21,24,27,44,50H,14,18-20,22-23H2,1-6H3,(H,45,51)/t24?,27-/m0/s1. The van der Waals surface area contributed by atoms with Crippen LogP contribution in [0.15, 0.2) is 66.9 Å². The Labute approximate surface area is 325 Å². The first kappa shape index (κ1) is 39.0. The summed E-state index contributed by atoms with van der Waals surface area (Å²) in [6, 6.07) is 19.1. The van der Waals surface area contributed by atoms with Gasteiger partial charge in [-0.1, -0.05) is 59.6 Å². The molecule has 1 aliphatic heterocycles. The number of carbonyl (C=O) groups is 2. The van der Waals surface area contributed by atoms with Gasteiger partial charge in [0.25, 0.3) is 0 Å². The molecule has 54 heavy (non-hydrogen) atoms. The highest BCUT2D eigenvalue weighted by molar-refractivity contribution is 6.39. The minimum atomic E-state index is -0.696. The van der Waals surface area contributed by atoms with Crippen LogP contribution in [0.1, 0.15) is 51.7 Å². The fraction of sp³-hybridized carbons (Fsp3) is 0.366. The van der Waals surface area contributed by atoms with Crippen molar-refractivity contribution in [1.29, 1.82) is 0 Å². The molecular weight excluding hydrogens is 727 g/mol. The number of hydrogen-bond acceptors (Lipinski definition) is 8. The number of aromatic nitrogens is 3. The lowest BCUT2D eigenvalue weighted by Gasteiger charge is -2.29. The summed E-state index contributed by atoms with van der Waals surface area (Å²) in [5.74, 6) is 0.306. The summed E-state index contributed by atoms with van der Waals surface area (Å²) in [6.07, 6.45) is 2.19. The van der Waals surface area contributed by atoms with Crippen LogP contribution in [0.2, 0.25) is 10.0 Å². The molecule has 1 aliphatic rings. The highest BCUT2D eigenvalue weighted by Crippen LogP contribution is 2.42. The van der Waals surface area contributed by atoms with Crippen LogP contribution < -0.4 is 15.4 Å². The Morgan fingerprint density at radius 1 is 1.00 bits per heavy atom. The zero-order valence-corrected chi connectivity index (χ0v) is 32.9. The second kappa shape index (κ2) is 16.4. The molecule has 6 rings (SSSR count). The number of fused-ring (bicyclic) bond motifs is 1. The van der Waals surface area contributed by atoms with Gasteiger partial charge in [0.1, 0.15) is 11.2 Å². The lowest BCUT2D eigenvalue weighted by molar-refractivity contribution is -0.119. The minimum absolute atomic E-state index is 0.0296. The second-order valence-electron chi connectivity index (χ2n) is 14.7. The molecule has 0 aliphatic carbocycles. The zero-order chi connectivity index (χ0) is 38.7. The molecular formula is C41H46Cl2N6O5. The SMILES string of the molecule is COc1nc(-c2cccc(-c3cccc(-c4ccc5c(CNCC(C)O)cn(C)c5n4)c3Cl)c2Cl)ccc1CN(C[C@@H]1CCC(=O)N1)C(=O)OC(C)(C)C. The predicted octanol–water partition coefficient (Wildman–Crippen LogP) is 7.77. The average molecular weight is 774 g/mol. The highest BCUT2D eigenvalue weighted by Gasteiger charge is 2.29. The van der Waals surface area contributed by atoms with Gasteiger partial charge in [-0.3, -0.25) is 4.79 Å². The van der Waals surface area contributed by atoms with Crippen molar-refractivity contribution in [2.75, 3.05) is 20.2 Å². The van der Waals surface area contributed by atoms with Crippen molar-refractivity contribution in [2.24, 2.45) is 7.05 Å². The number of pyridine rings is 2. The number of aliphatic hydroxyl groups excluding tert-OH is 1. The van der Waals surface area contributed by atoms with Gasteiger partial charge in [-0.25, -0.2) is 14.8 Å². The summed E-state index contributed by atoms with van der Waals surface area (Å²) < 4.78 is 13.4. The summed E-state index contributed by atoms with van der Waals surface area (Å²) in [4.78, 5) is 36.6. The van der Waals surface area contributed by atoms with Crippen molar-refractivity contribution in [3.63, 3.8) is 0 Å². The highest BCUT2D eigenvalue weighted by atomic mass is 35.5. The molecule has 1 unspecified atom stereocenters. The van der Waals surface area contributed by atoms with E-state index in [1.54, 1.807) is 11.8 Å². The smallest absolute Gasteiger partial charge is 0.410 e. The number of rotatable bonds is 12. The molecule has 5 aromatic rings. The van der Waals surface area contributed by atoms with Gasteiger partial charge < -0.3 is 34.7 Å². The van der Waals surface area contributed by atoms with Crippen LogP contribution >= 0.6 is 23.2 Å². The van der Waals surface area contributed by atoms with E-state index in [2.05, 4.69) is 16.7 Å². The molecule has 0 spiro atoms. The number of benzene rings is 2. The number of halogens is 2. The van der Waals surface area contributed by atoms with Crippen LogP contribution in [0.4, 0.5) is 4.79 Å². The quantitative estimate of drug-likeness (QED) is 0.117. The van der Waals surface area contributed by atoms with E-state index < -0.39 is 17.8 Å². The molecule has 3 N–H and O–H groups in total. The third kappa shape index (κ3) is 8.81. The number of nitrogens with one attached hydrogen (secondary N) is 2. The topological polar surface area (TPSA) is 131 Å². The summed E-state index contributed by atoms with van der Waals surface area (Å²) in [5.41, 5.74) is 6.12. The fourth-order valence-electron chi connectivity index (χ4n) is 6.65. The molecule has 3 aromatic heterocycles. The molecule has 2 aromatic carbocycles. The van der Waals surface area contributed by atoms with Crippen molar-refractivity contribution >= 4 is 46.2 Å². The van der Waals surface area contributed by atoms with Gasteiger partial charge >= 0.3 is 6.09 Å². The number of methoxy groups -OCH3 is 1. The molecule has 2 atom stereocenters. The molecule has 284 valence electrons. The number of hydrogen-bond donors (Lipinski definition) is 3. The van der Waals surface area contributed by atoms with Gasteiger partial charge in [0.15, 0.2) is 0 Å². The summed E-state index contributed by atoms with van der Waals surface area (Å²) in [7, 11) is 3.49. The molecule has 0 radical (unpaired) electrons. The normalized spacial score (nSPS) is 15.0. The van der Waals surface area contributed by atoms with Gasteiger partial charge in [0.2, 0.25) is 11.8 Å². The Hall–Kier alpha value is -4.68. The Morgan fingerprint density at radius 2 is 1.63 bits per heavy atom. The van der Waals surface area contributed by atoms with Crippen molar-refractivity contribution < 1.29 is 24.2 Å². The van der Waals surface area contributed by atoms with E-state index in [9.17, 15) is 14.7 Å². The van der Waals surface area contributed by atoms with Crippen molar-refractivity contribution in [2.45, 2.75) is 71.4 Å². The number of aryl methyl sites for hydroxylation is 1. The fourth-order valence-corrected chi connectivity index (χ4v) is 7.30. The van der Waals surface area contributed by atoms with Gasteiger partial charge in [-0.2, -0.15) is 0 Å². The van der Waals surface area contributed by atoms with E-state index >= 15 is 0 Å². The van der Waals surface area contributed by atoms with Crippen LogP contribution in [-0.2, 0) is 29.7 Å². The van der Waals surface area contributed by atoms with Gasteiger partial charge in [0, 0.05) is 78.5 Å². The molecule has 11 nitrogen and oxygen atoms in total. The van der Waals surface area contributed by atoms with E-state index in [-0.39, 0.29) is 25.0 Å². The number of carbonyl (C=O) groups excluding carboxylic acids is 2. The molecule has 0 bridgehead atoms. The number of amides is 2. The predicted molar refractivity (Wildman–Crippen MR) is 213 cm³/mol. The molecule has 1 saturated heterocycles. The Balaban J connectivity index is 1.28. The first-order valence-electron chi connectivity index (χ1n) is 18.0. The van der Waals surface area contributed by atoms with E-state index in [4.69, 9.17) is 42.6 Å². The first-order chi connectivity index (χ1) is 25.7. The maximum atomic E-state index is 13.3. The third-order valence-corrected chi connectivity index (χ3v) is 9.98. The van der Waals surface area contributed by atoms with Crippen LogP contribution in [0.25, 0.3) is 44.7 Å². The first-order valence-corrected chi connectivity index (χ1v) is 18.7. The number of ether oxygens (including phenoxy) is 2. The molecule has 2 amide bonds. The van der Waals surface area contributed by atoms with Crippen molar-refractivity contribution in [1.82, 2.24) is 30.1 Å². The van der Waals surface area contributed by atoms with Crippen LogP contribution in [-0.4, -0.2) is 74.5 Å². The lowest BCUT2D eigenvalue weighted by atomic mass is 9.98. The largest absolute Gasteiger partial charge is 0.481 e. The Bertz CT molecular complexity index is 2180. The maximum Gasteiger partial charge on any atom is 0.410 e. The molecule has 4 heterocycles. The minimum Gasteiger partial charge on any atom is -0.481 e. The molecule has 0 saturated carbocycles. The molecule has 1 fully saturated rings. The lowest BCUT2D eigenvalue weighted by Crippen LogP contribution is -2.43. The third-order valence-electron chi connectivity index (χ3n) is 9.17. The van der Waals surface area contributed by atoms with E-state index in [1.807, 2.05) is 93.2 Å². The summed E-state index contributed by atoms with van der Waals surface area (Å²) in [6.45, 7) is 8.77. The summed E-state index contributed by atoms with van der Waals surface area (Å²) >= 11 is 14.3. The van der Waals surface area contributed by atoms with Gasteiger partial charge in [0.05, 0.1) is 41.2 Å². The number of nitrogens with zero attached hydrogens (tertiary/aromatic N) is 4. The monoisotopic (exact) mass is 772 g/mol.